The highest BCUT2D eigenvalue weighted by atomic mass is 79.9. The summed E-state index contributed by atoms with van der Waals surface area (Å²) in [5.74, 6) is -0.0394. The molecule has 2 rings (SSSR count). The van der Waals surface area contributed by atoms with E-state index in [1.807, 2.05) is 36.4 Å². The quantitative estimate of drug-likeness (QED) is 0.574. The molecule has 0 bridgehead atoms. The van der Waals surface area contributed by atoms with E-state index in [0.29, 0.717) is 10.6 Å². The summed E-state index contributed by atoms with van der Waals surface area (Å²) in [7, 11) is 0. The molecule has 90 valence electrons. The van der Waals surface area contributed by atoms with Crippen LogP contribution in [0.15, 0.2) is 59.1 Å². The number of hydrogen-bond acceptors (Lipinski definition) is 1. The van der Waals surface area contributed by atoms with Crippen molar-refractivity contribution in [3.8, 4) is 0 Å². The molecule has 0 radical (unpaired) electrons. The Morgan fingerprint density at radius 2 is 1.89 bits per heavy atom. The third-order valence-electron chi connectivity index (χ3n) is 2.42. The van der Waals surface area contributed by atoms with Crippen molar-refractivity contribution in [1.29, 1.82) is 0 Å². The molecule has 0 spiro atoms. The molecule has 0 unspecified atom stereocenters. The third kappa shape index (κ3) is 3.31. The van der Waals surface area contributed by atoms with Gasteiger partial charge in [0.1, 0.15) is 0 Å². The Morgan fingerprint density at radius 1 is 1.11 bits per heavy atom. The highest BCUT2D eigenvalue weighted by molar-refractivity contribution is 9.10. The lowest BCUT2D eigenvalue weighted by Crippen LogP contribution is -1.94. The van der Waals surface area contributed by atoms with Crippen LogP contribution < -0.4 is 0 Å². The van der Waals surface area contributed by atoms with Crippen LogP contribution in [0.2, 0.25) is 5.02 Å². The van der Waals surface area contributed by atoms with Gasteiger partial charge in [0.2, 0.25) is 0 Å². The van der Waals surface area contributed by atoms with Gasteiger partial charge in [-0.05, 0) is 35.9 Å². The SMILES string of the molecule is O=C(/C=C/c1cccc(Cl)c1)c1ccccc1Br. The number of carbonyl (C=O) groups excluding carboxylic acids is 1. The van der Waals surface area contributed by atoms with E-state index < -0.39 is 0 Å². The minimum Gasteiger partial charge on any atom is -0.289 e. The first-order chi connectivity index (χ1) is 8.66. The molecule has 0 aliphatic heterocycles. The largest absolute Gasteiger partial charge is 0.289 e. The van der Waals surface area contributed by atoms with E-state index in [-0.39, 0.29) is 5.78 Å². The Kier molecular flexibility index (Phi) is 4.34. The van der Waals surface area contributed by atoms with Crippen LogP contribution in [-0.4, -0.2) is 5.78 Å². The average molecular weight is 322 g/mol. The molecule has 0 aliphatic carbocycles. The van der Waals surface area contributed by atoms with E-state index in [9.17, 15) is 4.79 Å². The molecule has 1 nitrogen and oxygen atoms in total. The zero-order chi connectivity index (χ0) is 13.0. The molecule has 2 aromatic carbocycles. The molecule has 0 fully saturated rings. The Morgan fingerprint density at radius 3 is 2.61 bits per heavy atom. The summed E-state index contributed by atoms with van der Waals surface area (Å²) in [6, 6.07) is 14.7. The molecule has 0 heterocycles. The number of rotatable bonds is 3. The third-order valence-corrected chi connectivity index (χ3v) is 3.34. The fourth-order valence-corrected chi connectivity index (χ4v) is 2.21. The molecular formula is C15H10BrClO. The van der Waals surface area contributed by atoms with Crippen LogP contribution >= 0.6 is 27.5 Å². The minimum absolute atomic E-state index is 0.0394. The summed E-state index contributed by atoms with van der Waals surface area (Å²) >= 11 is 9.23. The van der Waals surface area contributed by atoms with Crippen LogP contribution in [0.3, 0.4) is 0 Å². The molecule has 2 aromatic rings. The summed E-state index contributed by atoms with van der Waals surface area (Å²) < 4.78 is 0.797. The number of benzene rings is 2. The first kappa shape index (κ1) is 13.1. The van der Waals surface area contributed by atoms with E-state index in [1.54, 1.807) is 24.3 Å². The number of allylic oxidation sites excluding steroid dienone is 1. The lowest BCUT2D eigenvalue weighted by atomic mass is 10.1. The summed E-state index contributed by atoms with van der Waals surface area (Å²) in [6.45, 7) is 0. The Labute approximate surface area is 119 Å². The van der Waals surface area contributed by atoms with Crippen molar-refractivity contribution in [1.82, 2.24) is 0 Å². The smallest absolute Gasteiger partial charge is 0.186 e. The maximum atomic E-state index is 12.0. The van der Waals surface area contributed by atoms with Crippen molar-refractivity contribution < 1.29 is 4.79 Å². The van der Waals surface area contributed by atoms with Crippen LogP contribution in [-0.2, 0) is 0 Å². The Bertz CT molecular complexity index is 605. The average Bonchev–Trinajstić information content (AvgIpc) is 2.37. The molecule has 0 saturated carbocycles. The molecule has 0 aliphatic rings. The topological polar surface area (TPSA) is 17.1 Å². The molecule has 0 N–H and O–H groups in total. The van der Waals surface area contributed by atoms with Gasteiger partial charge < -0.3 is 0 Å². The second kappa shape index (κ2) is 5.98. The summed E-state index contributed by atoms with van der Waals surface area (Å²) in [6.07, 6.45) is 3.30. The molecular weight excluding hydrogens is 312 g/mol. The van der Waals surface area contributed by atoms with Gasteiger partial charge in [-0.25, -0.2) is 0 Å². The summed E-state index contributed by atoms with van der Waals surface area (Å²) in [5.41, 5.74) is 1.55. The predicted molar refractivity (Wildman–Crippen MR) is 79.0 cm³/mol. The number of hydrogen-bond donors (Lipinski definition) is 0. The van der Waals surface area contributed by atoms with Gasteiger partial charge in [-0.1, -0.05) is 57.9 Å². The Balaban J connectivity index is 2.20. The van der Waals surface area contributed by atoms with Gasteiger partial charge in [0.25, 0.3) is 0 Å². The van der Waals surface area contributed by atoms with Gasteiger partial charge in [-0.15, -0.1) is 0 Å². The molecule has 0 aromatic heterocycles. The first-order valence-corrected chi connectivity index (χ1v) is 6.56. The van der Waals surface area contributed by atoms with Crippen molar-refractivity contribution in [2.45, 2.75) is 0 Å². The first-order valence-electron chi connectivity index (χ1n) is 5.39. The van der Waals surface area contributed by atoms with E-state index in [0.717, 1.165) is 10.0 Å². The van der Waals surface area contributed by atoms with Crippen LogP contribution in [0.1, 0.15) is 15.9 Å². The second-order valence-corrected chi connectivity index (χ2v) is 5.02. The molecule has 0 saturated heterocycles. The van der Waals surface area contributed by atoms with E-state index in [4.69, 9.17) is 11.6 Å². The molecule has 18 heavy (non-hydrogen) atoms. The monoisotopic (exact) mass is 320 g/mol. The molecule has 0 amide bonds. The van der Waals surface area contributed by atoms with Gasteiger partial charge in [-0.3, -0.25) is 4.79 Å². The maximum absolute atomic E-state index is 12.0. The van der Waals surface area contributed by atoms with Crippen LogP contribution in [0.5, 0.6) is 0 Å². The lowest BCUT2D eigenvalue weighted by molar-refractivity contribution is 0.104. The number of ketones is 1. The van der Waals surface area contributed by atoms with E-state index in [1.165, 1.54) is 0 Å². The highest BCUT2D eigenvalue weighted by Crippen LogP contribution is 2.18. The molecule has 3 heteroatoms. The minimum atomic E-state index is -0.0394. The Hall–Kier alpha value is -1.38. The van der Waals surface area contributed by atoms with Gasteiger partial charge in [0.05, 0.1) is 0 Å². The van der Waals surface area contributed by atoms with Crippen molar-refractivity contribution in [3.05, 3.63) is 75.2 Å². The van der Waals surface area contributed by atoms with Crippen molar-refractivity contribution >= 4 is 39.4 Å². The van der Waals surface area contributed by atoms with Gasteiger partial charge in [0.15, 0.2) is 5.78 Å². The zero-order valence-corrected chi connectivity index (χ0v) is 11.8. The molecule has 0 atom stereocenters. The summed E-state index contributed by atoms with van der Waals surface area (Å²) in [4.78, 5) is 12.0. The fraction of sp³-hybridized carbons (Fsp3) is 0. The van der Waals surface area contributed by atoms with Crippen LogP contribution in [0, 0.1) is 0 Å². The van der Waals surface area contributed by atoms with Crippen molar-refractivity contribution in [3.63, 3.8) is 0 Å². The predicted octanol–water partition coefficient (Wildman–Crippen LogP) is 5.00. The lowest BCUT2D eigenvalue weighted by Gasteiger charge is -1.99. The van der Waals surface area contributed by atoms with Crippen LogP contribution in [0.25, 0.3) is 6.08 Å². The highest BCUT2D eigenvalue weighted by Gasteiger charge is 2.05. The van der Waals surface area contributed by atoms with Gasteiger partial charge in [0, 0.05) is 15.1 Å². The van der Waals surface area contributed by atoms with Crippen molar-refractivity contribution in [2.24, 2.45) is 0 Å². The fourth-order valence-electron chi connectivity index (χ4n) is 1.53. The van der Waals surface area contributed by atoms with Gasteiger partial charge in [-0.2, -0.15) is 0 Å². The summed E-state index contributed by atoms with van der Waals surface area (Å²) in [5, 5.41) is 0.658. The van der Waals surface area contributed by atoms with Gasteiger partial charge >= 0.3 is 0 Å². The standard InChI is InChI=1S/C15H10BrClO/c16-14-7-2-1-6-13(14)15(18)9-8-11-4-3-5-12(17)10-11/h1-10H/b9-8+. The number of halogens is 2. The normalized spacial score (nSPS) is 10.8. The maximum Gasteiger partial charge on any atom is 0.186 e. The van der Waals surface area contributed by atoms with E-state index >= 15 is 0 Å². The van der Waals surface area contributed by atoms with Crippen LogP contribution in [0.4, 0.5) is 0 Å². The zero-order valence-electron chi connectivity index (χ0n) is 9.44. The second-order valence-electron chi connectivity index (χ2n) is 3.73. The van der Waals surface area contributed by atoms with E-state index in [2.05, 4.69) is 15.9 Å². The number of carbonyl (C=O) groups is 1. The van der Waals surface area contributed by atoms with Crippen molar-refractivity contribution in [2.75, 3.05) is 0 Å².